The Balaban J connectivity index is 1.91. The van der Waals surface area contributed by atoms with Gasteiger partial charge in [0.2, 0.25) is 0 Å². The molecule has 0 N–H and O–H groups in total. The van der Waals surface area contributed by atoms with E-state index in [1.807, 2.05) is 0 Å². The van der Waals surface area contributed by atoms with E-state index in [1.165, 1.54) is 25.8 Å². The smallest absolute Gasteiger partial charge is 0.161 e. The summed E-state index contributed by atoms with van der Waals surface area (Å²) < 4.78 is 14.1. The summed E-state index contributed by atoms with van der Waals surface area (Å²) >= 11 is 0. The van der Waals surface area contributed by atoms with Crippen molar-refractivity contribution >= 4 is 11.5 Å². The molecule has 1 aromatic rings. The number of nitrogens with zero attached hydrogens (tertiary/aromatic N) is 2. The summed E-state index contributed by atoms with van der Waals surface area (Å²) in [5, 5.41) is 0. The number of hydrogen-bond donors (Lipinski definition) is 0. The number of benzene rings is 1. The van der Waals surface area contributed by atoms with Crippen LogP contribution >= 0.6 is 0 Å². The van der Waals surface area contributed by atoms with Crippen molar-refractivity contribution in [2.45, 2.75) is 25.8 Å². The van der Waals surface area contributed by atoms with E-state index < -0.39 is 0 Å². The molecule has 1 atom stereocenters. The molecule has 0 amide bonds. The monoisotopic (exact) mass is 262 g/mol. The van der Waals surface area contributed by atoms with Crippen LogP contribution < -0.4 is 4.90 Å². The van der Waals surface area contributed by atoms with Gasteiger partial charge in [0, 0.05) is 31.2 Å². The summed E-state index contributed by atoms with van der Waals surface area (Å²) in [6, 6.07) is 5.31. The van der Waals surface area contributed by atoms with Crippen LogP contribution in [0, 0.1) is 5.82 Å². The molecule has 4 heteroatoms. The fourth-order valence-corrected chi connectivity index (χ4v) is 3.32. The fraction of sp³-hybridized carbons (Fsp3) is 0.533. The van der Waals surface area contributed by atoms with Crippen LogP contribution in [-0.2, 0) is 0 Å². The molecule has 1 aromatic carbocycles. The van der Waals surface area contributed by atoms with Gasteiger partial charge in [0.25, 0.3) is 0 Å². The molecule has 102 valence electrons. The van der Waals surface area contributed by atoms with E-state index in [0.717, 1.165) is 26.2 Å². The van der Waals surface area contributed by atoms with Crippen LogP contribution in [0.5, 0.6) is 0 Å². The number of piperazine rings is 1. The summed E-state index contributed by atoms with van der Waals surface area (Å²) in [6.45, 7) is 5.27. The number of rotatable bonds is 2. The first-order chi connectivity index (χ1) is 9.16. The number of para-hydroxylation sites is 1. The van der Waals surface area contributed by atoms with Gasteiger partial charge in [-0.3, -0.25) is 9.69 Å². The number of fused-ring (bicyclic) bond motifs is 1. The van der Waals surface area contributed by atoms with Crippen molar-refractivity contribution < 1.29 is 9.18 Å². The van der Waals surface area contributed by atoms with Gasteiger partial charge < -0.3 is 4.90 Å². The number of carbonyl (C=O) groups excluding carboxylic acids is 1. The zero-order valence-corrected chi connectivity index (χ0v) is 11.2. The predicted octanol–water partition coefficient (Wildman–Crippen LogP) is 2.31. The highest BCUT2D eigenvalue weighted by Crippen LogP contribution is 2.30. The number of anilines is 1. The minimum Gasteiger partial charge on any atom is -0.366 e. The average Bonchev–Trinajstić information content (AvgIpc) is 2.85. The van der Waals surface area contributed by atoms with Gasteiger partial charge in [0.05, 0.1) is 5.69 Å². The van der Waals surface area contributed by atoms with Crippen molar-refractivity contribution in [3.63, 3.8) is 0 Å². The van der Waals surface area contributed by atoms with E-state index in [0.29, 0.717) is 17.3 Å². The Kier molecular flexibility index (Phi) is 3.27. The van der Waals surface area contributed by atoms with Gasteiger partial charge in [-0.15, -0.1) is 0 Å². The third kappa shape index (κ3) is 2.25. The van der Waals surface area contributed by atoms with Crippen LogP contribution in [0.4, 0.5) is 10.1 Å². The lowest BCUT2D eigenvalue weighted by Gasteiger charge is -2.39. The van der Waals surface area contributed by atoms with Crippen LogP contribution in [0.3, 0.4) is 0 Å². The average molecular weight is 262 g/mol. The van der Waals surface area contributed by atoms with Crippen LogP contribution in [0.2, 0.25) is 0 Å². The summed E-state index contributed by atoms with van der Waals surface area (Å²) in [4.78, 5) is 16.2. The molecule has 19 heavy (non-hydrogen) atoms. The molecule has 0 aromatic heterocycles. The molecule has 3 rings (SSSR count). The number of carbonyl (C=O) groups is 1. The molecule has 2 aliphatic rings. The van der Waals surface area contributed by atoms with E-state index in [4.69, 9.17) is 0 Å². The Labute approximate surface area is 113 Å². The molecule has 1 unspecified atom stereocenters. The quantitative estimate of drug-likeness (QED) is 0.764. The summed E-state index contributed by atoms with van der Waals surface area (Å²) in [6.07, 6.45) is 2.41. The zero-order chi connectivity index (χ0) is 13.4. The minimum atomic E-state index is -0.279. The Morgan fingerprint density at radius 3 is 2.95 bits per heavy atom. The maximum Gasteiger partial charge on any atom is 0.161 e. The number of halogens is 1. The molecular weight excluding hydrogens is 243 g/mol. The number of ketones is 1. The van der Waals surface area contributed by atoms with Crippen LogP contribution in [0.25, 0.3) is 0 Å². The first-order valence-electron chi connectivity index (χ1n) is 6.95. The lowest BCUT2D eigenvalue weighted by molar-refractivity contribution is 0.101. The SMILES string of the molecule is CC(=O)c1cccc(F)c1N1CCN2CCCC2C1. The van der Waals surface area contributed by atoms with Crippen LogP contribution in [0.15, 0.2) is 18.2 Å². The van der Waals surface area contributed by atoms with E-state index >= 15 is 0 Å². The van der Waals surface area contributed by atoms with Gasteiger partial charge in [-0.05, 0) is 38.4 Å². The first kappa shape index (κ1) is 12.6. The van der Waals surface area contributed by atoms with Gasteiger partial charge in [0.15, 0.2) is 5.78 Å². The Morgan fingerprint density at radius 2 is 2.16 bits per heavy atom. The van der Waals surface area contributed by atoms with Crippen molar-refractivity contribution in [3.05, 3.63) is 29.6 Å². The van der Waals surface area contributed by atoms with Crippen LogP contribution in [0.1, 0.15) is 30.1 Å². The summed E-state index contributed by atoms with van der Waals surface area (Å²) in [7, 11) is 0. The van der Waals surface area contributed by atoms with Gasteiger partial charge in [-0.1, -0.05) is 6.07 Å². The molecule has 2 fully saturated rings. The van der Waals surface area contributed by atoms with Crippen molar-refractivity contribution in [2.24, 2.45) is 0 Å². The molecule has 2 saturated heterocycles. The predicted molar refractivity (Wildman–Crippen MR) is 73.2 cm³/mol. The highest BCUT2D eigenvalue weighted by Gasteiger charge is 2.32. The molecule has 0 radical (unpaired) electrons. The zero-order valence-electron chi connectivity index (χ0n) is 11.2. The lowest BCUT2D eigenvalue weighted by atomic mass is 10.1. The van der Waals surface area contributed by atoms with Gasteiger partial charge in [-0.2, -0.15) is 0 Å². The maximum absolute atomic E-state index is 14.1. The van der Waals surface area contributed by atoms with Crippen molar-refractivity contribution in [1.82, 2.24) is 4.90 Å². The molecule has 2 heterocycles. The van der Waals surface area contributed by atoms with Crippen LogP contribution in [-0.4, -0.2) is 42.9 Å². The molecule has 0 saturated carbocycles. The topological polar surface area (TPSA) is 23.6 Å². The largest absolute Gasteiger partial charge is 0.366 e. The second-order valence-electron chi connectivity index (χ2n) is 5.47. The Bertz CT molecular complexity index is 503. The molecule has 3 nitrogen and oxygen atoms in total. The standard InChI is InChI=1S/C15H19FN2O/c1-11(19)13-5-2-6-14(16)15(13)18-9-8-17-7-3-4-12(17)10-18/h2,5-6,12H,3-4,7-10H2,1H3. The molecule has 0 bridgehead atoms. The second-order valence-corrected chi connectivity index (χ2v) is 5.47. The highest BCUT2D eigenvalue weighted by molar-refractivity contribution is 5.99. The molecule has 0 aliphatic carbocycles. The fourth-order valence-electron chi connectivity index (χ4n) is 3.32. The third-order valence-electron chi connectivity index (χ3n) is 4.27. The van der Waals surface area contributed by atoms with E-state index in [2.05, 4.69) is 9.80 Å². The van der Waals surface area contributed by atoms with Gasteiger partial charge in [0.1, 0.15) is 5.82 Å². The summed E-state index contributed by atoms with van der Waals surface area (Å²) in [5.74, 6) is -0.345. The molecular formula is C15H19FN2O. The van der Waals surface area contributed by atoms with Crippen molar-refractivity contribution in [1.29, 1.82) is 0 Å². The Hall–Kier alpha value is -1.42. The minimum absolute atomic E-state index is 0.0663. The third-order valence-corrected chi connectivity index (χ3v) is 4.27. The molecule has 2 aliphatic heterocycles. The molecule has 0 spiro atoms. The highest BCUT2D eigenvalue weighted by atomic mass is 19.1. The summed E-state index contributed by atoms with van der Waals surface area (Å²) in [5.41, 5.74) is 1.01. The normalized spacial score (nSPS) is 23.5. The lowest BCUT2D eigenvalue weighted by Crippen LogP contribution is -2.50. The second kappa shape index (κ2) is 4.93. The van der Waals surface area contributed by atoms with E-state index in [-0.39, 0.29) is 11.6 Å². The van der Waals surface area contributed by atoms with E-state index in [9.17, 15) is 9.18 Å². The first-order valence-corrected chi connectivity index (χ1v) is 6.95. The maximum atomic E-state index is 14.1. The Morgan fingerprint density at radius 1 is 1.32 bits per heavy atom. The van der Waals surface area contributed by atoms with Crippen molar-refractivity contribution in [2.75, 3.05) is 31.1 Å². The van der Waals surface area contributed by atoms with E-state index in [1.54, 1.807) is 12.1 Å². The number of hydrogen-bond acceptors (Lipinski definition) is 3. The number of Topliss-reactive ketones (excluding diaryl/α,β-unsaturated/α-hetero) is 1. The van der Waals surface area contributed by atoms with Crippen molar-refractivity contribution in [3.8, 4) is 0 Å². The van der Waals surface area contributed by atoms with Gasteiger partial charge >= 0.3 is 0 Å². The van der Waals surface area contributed by atoms with Gasteiger partial charge in [-0.25, -0.2) is 4.39 Å².